The first kappa shape index (κ1) is 16.7. The van der Waals surface area contributed by atoms with Gasteiger partial charge in [-0.25, -0.2) is 4.98 Å². The van der Waals surface area contributed by atoms with Crippen LogP contribution in [0.25, 0.3) is 22.6 Å². The van der Waals surface area contributed by atoms with Gasteiger partial charge in [0.2, 0.25) is 0 Å². The second-order valence-electron chi connectivity index (χ2n) is 6.75. The first-order valence-corrected chi connectivity index (χ1v) is 9.11. The lowest BCUT2D eigenvalue weighted by molar-refractivity contribution is 0.221. The Morgan fingerprint density at radius 2 is 1.81 bits per heavy atom. The summed E-state index contributed by atoms with van der Waals surface area (Å²) in [6, 6.07) is 13.6. The van der Waals surface area contributed by atoms with E-state index >= 15 is 0 Å². The molecule has 0 unspecified atom stereocenters. The summed E-state index contributed by atoms with van der Waals surface area (Å²) in [4.78, 5) is 26.1. The van der Waals surface area contributed by atoms with Crippen LogP contribution in [0.2, 0.25) is 0 Å². The second kappa shape index (κ2) is 7.62. The maximum Gasteiger partial charge on any atom is 0.251 e. The number of nitrogens with one attached hydrogen (secondary N) is 1. The number of pyridine rings is 1. The zero-order valence-electron chi connectivity index (χ0n) is 14.7. The summed E-state index contributed by atoms with van der Waals surface area (Å²) < 4.78 is 0. The standard InChI is InChI=1S/C21H22N4O/c26-20-13-19(18-5-4-10-22-14-18)23-21(24-20)17-8-6-16(7-9-17)15-25-11-2-1-3-12-25/h4-10,13-14H,1-3,11-12,15H2,(H,23,24,26). The zero-order chi connectivity index (χ0) is 17.8. The van der Waals surface area contributed by atoms with Gasteiger partial charge in [0.05, 0.1) is 5.69 Å². The minimum atomic E-state index is -0.161. The van der Waals surface area contributed by atoms with Crippen LogP contribution in [0.15, 0.2) is 59.7 Å². The molecule has 0 amide bonds. The summed E-state index contributed by atoms with van der Waals surface area (Å²) in [7, 11) is 0. The fourth-order valence-electron chi connectivity index (χ4n) is 3.40. The van der Waals surface area contributed by atoms with Gasteiger partial charge in [0, 0.05) is 36.1 Å². The van der Waals surface area contributed by atoms with Crippen LogP contribution in [-0.4, -0.2) is 32.9 Å². The summed E-state index contributed by atoms with van der Waals surface area (Å²) in [5.41, 5.74) is 3.51. The normalized spacial score (nSPS) is 15.1. The number of piperidine rings is 1. The highest BCUT2D eigenvalue weighted by Crippen LogP contribution is 2.20. The molecule has 1 aliphatic rings. The lowest BCUT2D eigenvalue weighted by Crippen LogP contribution is -2.29. The Labute approximate surface area is 152 Å². The minimum Gasteiger partial charge on any atom is -0.306 e. The van der Waals surface area contributed by atoms with Crippen LogP contribution in [0, 0.1) is 0 Å². The van der Waals surface area contributed by atoms with E-state index in [9.17, 15) is 4.79 Å². The molecule has 1 aromatic carbocycles. The first-order chi connectivity index (χ1) is 12.8. The first-order valence-electron chi connectivity index (χ1n) is 9.11. The van der Waals surface area contributed by atoms with Gasteiger partial charge in [-0.3, -0.25) is 14.7 Å². The van der Waals surface area contributed by atoms with E-state index < -0.39 is 0 Å². The van der Waals surface area contributed by atoms with Gasteiger partial charge < -0.3 is 4.98 Å². The molecule has 26 heavy (non-hydrogen) atoms. The van der Waals surface area contributed by atoms with Crippen molar-refractivity contribution >= 4 is 0 Å². The van der Waals surface area contributed by atoms with Crippen LogP contribution in [0.4, 0.5) is 0 Å². The summed E-state index contributed by atoms with van der Waals surface area (Å²) in [5, 5.41) is 0. The molecular formula is C21H22N4O. The molecular weight excluding hydrogens is 324 g/mol. The van der Waals surface area contributed by atoms with Gasteiger partial charge in [0.15, 0.2) is 0 Å². The molecule has 3 aromatic rings. The van der Waals surface area contributed by atoms with E-state index in [1.54, 1.807) is 12.4 Å². The molecule has 1 N–H and O–H groups in total. The molecule has 0 bridgehead atoms. The number of likely N-dealkylation sites (tertiary alicyclic amines) is 1. The molecule has 0 radical (unpaired) electrons. The zero-order valence-corrected chi connectivity index (χ0v) is 14.7. The van der Waals surface area contributed by atoms with Crippen molar-refractivity contribution in [3.8, 4) is 22.6 Å². The van der Waals surface area contributed by atoms with Crippen molar-refractivity contribution in [2.24, 2.45) is 0 Å². The third-order valence-corrected chi connectivity index (χ3v) is 4.78. The molecule has 0 atom stereocenters. The van der Waals surface area contributed by atoms with Crippen LogP contribution in [-0.2, 0) is 6.54 Å². The second-order valence-corrected chi connectivity index (χ2v) is 6.75. The number of rotatable bonds is 4. The van der Waals surface area contributed by atoms with Crippen molar-refractivity contribution in [3.05, 3.63) is 70.8 Å². The quantitative estimate of drug-likeness (QED) is 0.785. The number of hydrogen-bond acceptors (Lipinski definition) is 4. The number of benzene rings is 1. The van der Waals surface area contributed by atoms with E-state index in [0.717, 1.165) is 17.7 Å². The van der Waals surface area contributed by atoms with E-state index in [2.05, 4.69) is 32.0 Å². The lowest BCUT2D eigenvalue weighted by atomic mass is 10.1. The molecule has 5 nitrogen and oxygen atoms in total. The van der Waals surface area contributed by atoms with E-state index in [1.807, 2.05) is 24.3 Å². The van der Waals surface area contributed by atoms with E-state index in [0.29, 0.717) is 11.5 Å². The highest BCUT2D eigenvalue weighted by molar-refractivity contribution is 5.62. The van der Waals surface area contributed by atoms with Crippen molar-refractivity contribution in [2.75, 3.05) is 13.1 Å². The Bertz CT molecular complexity index is 913. The Morgan fingerprint density at radius 3 is 2.54 bits per heavy atom. The highest BCUT2D eigenvalue weighted by Gasteiger charge is 2.11. The number of aromatic amines is 1. The smallest absolute Gasteiger partial charge is 0.251 e. The minimum absolute atomic E-state index is 0.161. The molecule has 1 saturated heterocycles. The molecule has 5 heteroatoms. The number of H-pyrrole nitrogens is 1. The van der Waals surface area contributed by atoms with Gasteiger partial charge in [0.25, 0.3) is 5.56 Å². The summed E-state index contributed by atoms with van der Waals surface area (Å²) >= 11 is 0. The molecule has 0 aliphatic carbocycles. The van der Waals surface area contributed by atoms with Crippen LogP contribution in [0.5, 0.6) is 0 Å². The maximum atomic E-state index is 12.1. The van der Waals surface area contributed by atoms with Gasteiger partial charge in [-0.15, -0.1) is 0 Å². The third kappa shape index (κ3) is 3.89. The van der Waals surface area contributed by atoms with Crippen LogP contribution < -0.4 is 5.56 Å². The Kier molecular flexibility index (Phi) is 4.88. The van der Waals surface area contributed by atoms with E-state index in [-0.39, 0.29) is 5.56 Å². The molecule has 3 heterocycles. The monoisotopic (exact) mass is 346 g/mol. The number of nitrogens with zero attached hydrogens (tertiary/aromatic N) is 3. The van der Waals surface area contributed by atoms with Crippen molar-refractivity contribution in [3.63, 3.8) is 0 Å². The fraction of sp³-hybridized carbons (Fsp3) is 0.286. The van der Waals surface area contributed by atoms with Crippen molar-refractivity contribution in [2.45, 2.75) is 25.8 Å². The van der Waals surface area contributed by atoms with Gasteiger partial charge in [-0.1, -0.05) is 30.7 Å². The van der Waals surface area contributed by atoms with Gasteiger partial charge in [0.1, 0.15) is 5.82 Å². The lowest BCUT2D eigenvalue weighted by Gasteiger charge is -2.26. The largest absolute Gasteiger partial charge is 0.306 e. The fourth-order valence-corrected chi connectivity index (χ4v) is 3.40. The van der Waals surface area contributed by atoms with Gasteiger partial charge in [-0.2, -0.15) is 0 Å². The summed E-state index contributed by atoms with van der Waals surface area (Å²) in [6.07, 6.45) is 7.36. The van der Waals surface area contributed by atoms with E-state index in [1.165, 1.54) is 44.0 Å². The predicted molar refractivity (Wildman–Crippen MR) is 103 cm³/mol. The average molecular weight is 346 g/mol. The van der Waals surface area contributed by atoms with Crippen LogP contribution in [0.3, 0.4) is 0 Å². The molecule has 4 rings (SSSR count). The van der Waals surface area contributed by atoms with Crippen LogP contribution in [0.1, 0.15) is 24.8 Å². The van der Waals surface area contributed by atoms with Crippen molar-refractivity contribution < 1.29 is 0 Å². The van der Waals surface area contributed by atoms with Gasteiger partial charge >= 0.3 is 0 Å². The van der Waals surface area contributed by atoms with Crippen LogP contribution >= 0.6 is 0 Å². The Balaban J connectivity index is 1.57. The molecule has 0 spiro atoms. The molecule has 1 fully saturated rings. The number of aromatic nitrogens is 3. The van der Waals surface area contributed by atoms with E-state index in [4.69, 9.17) is 0 Å². The summed E-state index contributed by atoms with van der Waals surface area (Å²) in [5.74, 6) is 0.584. The number of hydrogen-bond donors (Lipinski definition) is 1. The average Bonchev–Trinajstić information content (AvgIpc) is 2.70. The SMILES string of the molecule is O=c1cc(-c2cccnc2)nc(-c2ccc(CN3CCCCC3)cc2)[nH]1. The molecule has 0 saturated carbocycles. The van der Waals surface area contributed by atoms with Gasteiger partial charge in [-0.05, 0) is 43.6 Å². The molecule has 1 aliphatic heterocycles. The predicted octanol–water partition coefficient (Wildman–Crippen LogP) is 3.48. The Morgan fingerprint density at radius 1 is 1.00 bits per heavy atom. The maximum absolute atomic E-state index is 12.1. The molecule has 2 aromatic heterocycles. The van der Waals surface area contributed by atoms with Crippen molar-refractivity contribution in [1.29, 1.82) is 0 Å². The molecule has 132 valence electrons. The van der Waals surface area contributed by atoms with Crippen molar-refractivity contribution in [1.82, 2.24) is 19.9 Å². The third-order valence-electron chi connectivity index (χ3n) is 4.78. The summed E-state index contributed by atoms with van der Waals surface area (Å²) in [6.45, 7) is 3.35. The highest BCUT2D eigenvalue weighted by atomic mass is 16.1. The topological polar surface area (TPSA) is 61.9 Å². The Hall–Kier alpha value is -2.79.